The number of nitrogens with one attached hydrogen (secondary N) is 1. The summed E-state index contributed by atoms with van der Waals surface area (Å²) in [5.41, 5.74) is 2.12. The van der Waals surface area contributed by atoms with Gasteiger partial charge in [0.2, 0.25) is 0 Å². The van der Waals surface area contributed by atoms with Gasteiger partial charge in [-0.15, -0.1) is 11.3 Å². The first kappa shape index (κ1) is 17.4. The maximum atomic E-state index is 12.2. The molecule has 2 heterocycles. The maximum Gasteiger partial charge on any atom is 0.261 e. The van der Waals surface area contributed by atoms with E-state index in [-0.39, 0.29) is 5.91 Å². The van der Waals surface area contributed by atoms with Crippen LogP contribution >= 0.6 is 11.3 Å². The molecule has 0 aliphatic rings. The average Bonchev–Trinajstić information content (AvgIpc) is 3.02. The SMILES string of the molecule is CCc1cc(C(=O)NCCCOc2cccc3cccnc23)sc1C. The predicted molar refractivity (Wildman–Crippen MR) is 103 cm³/mol. The Bertz CT molecular complexity index is 868. The van der Waals surface area contributed by atoms with E-state index in [1.807, 2.05) is 36.4 Å². The second kappa shape index (κ2) is 8.12. The van der Waals surface area contributed by atoms with Crippen LogP contribution in [0.1, 0.15) is 33.5 Å². The van der Waals surface area contributed by atoms with Crippen molar-refractivity contribution >= 4 is 28.1 Å². The van der Waals surface area contributed by atoms with Crippen molar-refractivity contribution in [3.63, 3.8) is 0 Å². The molecule has 0 spiro atoms. The maximum absolute atomic E-state index is 12.2. The van der Waals surface area contributed by atoms with Crippen molar-refractivity contribution < 1.29 is 9.53 Å². The lowest BCUT2D eigenvalue weighted by Crippen LogP contribution is -2.24. The number of aryl methyl sites for hydroxylation is 2. The van der Waals surface area contributed by atoms with Crippen molar-refractivity contribution in [1.82, 2.24) is 10.3 Å². The van der Waals surface area contributed by atoms with E-state index >= 15 is 0 Å². The highest BCUT2D eigenvalue weighted by Gasteiger charge is 2.11. The lowest BCUT2D eigenvalue weighted by molar-refractivity contribution is 0.0955. The predicted octanol–water partition coefficient (Wildman–Crippen LogP) is 4.37. The third-order valence-corrected chi connectivity index (χ3v) is 5.18. The molecule has 0 aliphatic heterocycles. The Morgan fingerprint density at radius 2 is 2.12 bits per heavy atom. The Morgan fingerprint density at radius 3 is 2.92 bits per heavy atom. The van der Waals surface area contributed by atoms with E-state index in [0.717, 1.165) is 34.4 Å². The van der Waals surface area contributed by atoms with Gasteiger partial charge in [-0.2, -0.15) is 0 Å². The van der Waals surface area contributed by atoms with Crippen LogP contribution in [0.5, 0.6) is 5.75 Å². The molecule has 0 fully saturated rings. The van der Waals surface area contributed by atoms with Crippen LogP contribution in [0.15, 0.2) is 42.6 Å². The smallest absolute Gasteiger partial charge is 0.261 e. The van der Waals surface area contributed by atoms with E-state index in [2.05, 4.69) is 24.1 Å². The van der Waals surface area contributed by atoms with Crippen LogP contribution < -0.4 is 10.1 Å². The zero-order chi connectivity index (χ0) is 17.6. The molecule has 5 heteroatoms. The second-order valence-corrected chi connectivity index (χ2v) is 7.09. The van der Waals surface area contributed by atoms with E-state index in [9.17, 15) is 4.79 Å². The molecular formula is C20H22N2O2S. The number of pyridine rings is 1. The standard InChI is InChI=1S/C20H22N2O2S/c1-3-15-13-18(25-14(15)2)20(23)22-11-6-12-24-17-9-4-7-16-8-5-10-21-19(16)17/h4-5,7-10,13H,3,6,11-12H2,1-2H3,(H,22,23). The number of ether oxygens (including phenoxy) is 1. The lowest BCUT2D eigenvalue weighted by atomic mass is 10.2. The molecule has 0 radical (unpaired) electrons. The van der Waals surface area contributed by atoms with Crippen molar-refractivity contribution in [1.29, 1.82) is 0 Å². The number of nitrogens with zero attached hydrogens (tertiary/aromatic N) is 1. The van der Waals surface area contributed by atoms with E-state index in [1.54, 1.807) is 17.5 Å². The first-order chi connectivity index (χ1) is 12.2. The van der Waals surface area contributed by atoms with Gasteiger partial charge in [0.05, 0.1) is 11.5 Å². The number of para-hydroxylation sites is 1. The van der Waals surface area contributed by atoms with Gasteiger partial charge in [0.15, 0.2) is 0 Å². The molecule has 0 unspecified atom stereocenters. The van der Waals surface area contributed by atoms with Crippen LogP contribution in [-0.4, -0.2) is 24.0 Å². The van der Waals surface area contributed by atoms with Gasteiger partial charge in [-0.3, -0.25) is 9.78 Å². The molecule has 1 N–H and O–H groups in total. The molecular weight excluding hydrogens is 332 g/mol. The second-order valence-electron chi connectivity index (χ2n) is 5.83. The molecule has 0 saturated heterocycles. The Morgan fingerprint density at radius 1 is 1.28 bits per heavy atom. The van der Waals surface area contributed by atoms with Crippen LogP contribution in [0.4, 0.5) is 0 Å². The zero-order valence-corrected chi connectivity index (χ0v) is 15.4. The third-order valence-electron chi connectivity index (χ3n) is 4.09. The van der Waals surface area contributed by atoms with Crippen LogP contribution in [0.2, 0.25) is 0 Å². The van der Waals surface area contributed by atoms with Crippen LogP contribution in [-0.2, 0) is 6.42 Å². The fraction of sp³-hybridized carbons (Fsp3) is 0.300. The minimum Gasteiger partial charge on any atom is -0.491 e. The highest BCUT2D eigenvalue weighted by molar-refractivity contribution is 7.14. The summed E-state index contributed by atoms with van der Waals surface area (Å²) in [5, 5.41) is 4.03. The van der Waals surface area contributed by atoms with Crippen LogP contribution in [0.3, 0.4) is 0 Å². The van der Waals surface area contributed by atoms with Crippen molar-refractivity contribution in [2.75, 3.05) is 13.2 Å². The van der Waals surface area contributed by atoms with Crippen molar-refractivity contribution in [3.8, 4) is 5.75 Å². The number of carbonyl (C=O) groups is 1. The fourth-order valence-electron chi connectivity index (χ4n) is 2.72. The monoisotopic (exact) mass is 354 g/mol. The molecule has 4 nitrogen and oxygen atoms in total. The Kier molecular flexibility index (Phi) is 5.66. The number of thiophene rings is 1. The topological polar surface area (TPSA) is 51.2 Å². The normalized spacial score (nSPS) is 10.8. The summed E-state index contributed by atoms with van der Waals surface area (Å²) in [6.07, 6.45) is 3.48. The zero-order valence-electron chi connectivity index (χ0n) is 14.5. The van der Waals surface area contributed by atoms with Gasteiger partial charge >= 0.3 is 0 Å². The number of hydrogen-bond acceptors (Lipinski definition) is 4. The Balaban J connectivity index is 1.47. The van der Waals surface area contributed by atoms with E-state index in [1.165, 1.54) is 10.4 Å². The molecule has 130 valence electrons. The number of benzene rings is 1. The van der Waals surface area contributed by atoms with Crippen molar-refractivity contribution in [2.45, 2.75) is 26.7 Å². The van der Waals surface area contributed by atoms with Gasteiger partial charge in [0.1, 0.15) is 11.3 Å². The van der Waals surface area contributed by atoms with E-state index in [0.29, 0.717) is 13.2 Å². The number of amides is 1. The highest BCUT2D eigenvalue weighted by Crippen LogP contribution is 2.23. The third kappa shape index (κ3) is 4.17. The van der Waals surface area contributed by atoms with E-state index < -0.39 is 0 Å². The van der Waals surface area contributed by atoms with Gasteiger partial charge < -0.3 is 10.1 Å². The molecule has 2 aromatic heterocycles. The summed E-state index contributed by atoms with van der Waals surface area (Å²) in [5.74, 6) is 0.783. The molecule has 0 bridgehead atoms. The Labute approximate surface area is 151 Å². The summed E-state index contributed by atoms with van der Waals surface area (Å²) in [4.78, 5) is 18.6. The molecule has 3 rings (SSSR count). The fourth-order valence-corrected chi connectivity index (χ4v) is 3.75. The Hall–Kier alpha value is -2.40. The summed E-state index contributed by atoms with van der Waals surface area (Å²) >= 11 is 1.56. The molecule has 0 atom stereocenters. The highest BCUT2D eigenvalue weighted by atomic mass is 32.1. The first-order valence-electron chi connectivity index (χ1n) is 8.53. The van der Waals surface area contributed by atoms with Crippen molar-refractivity contribution in [3.05, 3.63) is 57.9 Å². The number of carbonyl (C=O) groups excluding carboxylic acids is 1. The van der Waals surface area contributed by atoms with Crippen LogP contribution in [0, 0.1) is 6.92 Å². The van der Waals surface area contributed by atoms with Crippen molar-refractivity contribution in [2.24, 2.45) is 0 Å². The molecule has 3 aromatic rings. The summed E-state index contributed by atoms with van der Waals surface area (Å²) in [6, 6.07) is 11.8. The minimum atomic E-state index is -0.000345. The molecule has 1 amide bonds. The summed E-state index contributed by atoms with van der Waals surface area (Å²) in [6.45, 7) is 5.30. The first-order valence-corrected chi connectivity index (χ1v) is 9.34. The van der Waals surface area contributed by atoms with Crippen LogP contribution in [0.25, 0.3) is 10.9 Å². The molecule has 0 aliphatic carbocycles. The number of hydrogen-bond donors (Lipinski definition) is 1. The summed E-state index contributed by atoms with van der Waals surface area (Å²) in [7, 11) is 0. The summed E-state index contributed by atoms with van der Waals surface area (Å²) < 4.78 is 5.84. The molecule has 1 aromatic carbocycles. The number of fused-ring (bicyclic) bond motifs is 1. The lowest BCUT2D eigenvalue weighted by Gasteiger charge is -2.09. The average molecular weight is 354 g/mol. The molecule has 25 heavy (non-hydrogen) atoms. The van der Waals surface area contributed by atoms with Gasteiger partial charge in [-0.1, -0.05) is 25.1 Å². The van der Waals surface area contributed by atoms with Gasteiger partial charge in [0.25, 0.3) is 5.91 Å². The quantitative estimate of drug-likeness (QED) is 0.641. The minimum absolute atomic E-state index is 0.000345. The number of aromatic nitrogens is 1. The largest absolute Gasteiger partial charge is 0.491 e. The van der Waals surface area contributed by atoms with Gasteiger partial charge in [-0.05, 0) is 43.5 Å². The molecule has 0 saturated carbocycles. The van der Waals surface area contributed by atoms with E-state index in [4.69, 9.17) is 4.74 Å². The van der Waals surface area contributed by atoms with Gasteiger partial charge in [-0.25, -0.2) is 0 Å². The number of rotatable bonds is 7. The van der Waals surface area contributed by atoms with Gasteiger partial charge in [0, 0.05) is 23.0 Å².